The molecule has 1 aliphatic carbocycles. The van der Waals surface area contributed by atoms with E-state index in [0.717, 1.165) is 29.6 Å². The van der Waals surface area contributed by atoms with Crippen molar-refractivity contribution in [3.8, 4) is 0 Å². The molecule has 1 aliphatic rings. The van der Waals surface area contributed by atoms with Crippen molar-refractivity contribution in [2.24, 2.45) is 0 Å². The van der Waals surface area contributed by atoms with E-state index in [-0.39, 0.29) is 5.38 Å². The fourth-order valence-electron chi connectivity index (χ4n) is 2.54. The van der Waals surface area contributed by atoms with Crippen molar-refractivity contribution in [2.45, 2.75) is 37.1 Å². The van der Waals surface area contributed by atoms with Crippen LogP contribution in [0.2, 0.25) is 0 Å². The first-order valence-electron chi connectivity index (χ1n) is 6.45. The van der Waals surface area contributed by atoms with E-state index in [1.807, 2.05) is 24.3 Å². The normalized spacial score (nSPS) is 24.1. The second-order valence-electron chi connectivity index (χ2n) is 4.79. The van der Waals surface area contributed by atoms with Crippen molar-refractivity contribution in [3.63, 3.8) is 0 Å². The van der Waals surface area contributed by atoms with Crippen LogP contribution in [0.25, 0.3) is 10.9 Å². The Hall–Kier alpha value is -1.35. The summed E-state index contributed by atoms with van der Waals surface area (Å²) in [7, 11) is 0. The average molecular weight is 262 g/mol. The van der Waals surface area contributed by atoms with E-state index in [1.165, 1.54) is 12.8 Å². The molecule has 2 atom stereocenters. The minimum atomic E-state index is 0.201. The fraction of sp³-hybridized carbons (Fsp3) is 0.429. The van der Waals surface area contributed by atoms with Crippen molar-refractivity contribution in [2.75, 3.05) is 5.32 Å². The molecule has 0 bridgehead atoms. The molecular formula is C14H16ClN3. The van der Waals surface area contributed by atoms with Crippen LogP contribution >= 0.6 is 11.6 Å². The van der Waals surface area contributed by atoms with Crippen LogP contribution in [0.15, 0.2) is 30.6 Å². The average Bonchev–Trinajstić information content (AvgIpc) is 2.42. The number of nitrogens with zero attached hydrogens (tertiary/aromatic N) is 2. The molecule has 1 aromatic carbocycles. The molecule has 4 heteroatoms. The van der Waals surface area contributed by atoms with Crippen molar-refractivity contribution in [3.05, 3.63) is 30.6 Å². The lowest BCUT2D eigenvalue weighted by Crippen LogP contribution is -2.33. The van der Waals surface area contributed by atoms with E-state index in [9.17, 15) is 0 Å². The van der Waals surface area contributed by atoms with Gasteiger partial charge in [-0.3, -0.25) is 0 Å². The summed E-state index contributed by atoms with van der Waals surface area (Å²) in [6.07, 6.45) is 6.28. The highest BCUT2D eigenvalue weighted by Gasteiger charge is 2.23. The van der Waals surface area contributed by atoms with Gasteiger partial charge in [-0.05, 0) is 25.0 Å². The molecule has 2 aromatic rings. The first kappa shape index (κ1) is 11.7. The third kappa shape index (κ3) is 2.27. The fourth-order valence-corrected chi connectivity index (χ4v) is 2.89. The largest absolute Gasteiger partial charge is 0.365 e. The molecule has 3 rings (SSSR count). The molecule has 1 saturated carbocycles. The van der Waals surface area contributed by atoms with Gasteiger partial charge in [-0.2, -0.15) is 0 Å². The van der Waals surface area contributed by atoms with Crippen LogP contribution in [-0.4, -0.2) is 21.4 Å². The summed E-state index contributed by atoms with van der Waals surface area (Å²) in [5.74, 6) is 0.901. The maximum absolute atomic E-state index is 6.38. The lowest BCUT2D eigenvalue weighted by atomic mass is 9.95. The second-order valence-corrected chi connectivity index (χ2v) is 5.35. The Morgan fingerprint density at radius 1 is 1.11 bits per heavy atom. The summed E-state index contributed by atoms with van der Waals surface area (Å²) in [4.78, 5) is 8.62. The molecule has 0 amide bonds. The smallest absolute Gasteiger partial charge is 0.137 e. The number of hydrogen-bond acceptors (Lipinski definition) is 3. The zero-order chi connectivity index (χ0) is 12.4. The van der Waals surface area contributed by atoms with Crippen LogP contribution in [-0.2, 0) is 0 Å². The van der Waals surface area contributed by atoms with Gasteiger partial charge in [-0.1, -0.05) is 25.0 Å². The number of anilines is 1. The summed E-state index contributed by atoms with van der Waals surface area (Å²) >= 11 is 6.38. The predicted octanol–water partition coefficient (Wildman–Crippen LogP) is 3.59. The number of alkyl halides is 1. The Kier molecular flexibility index (Phi) is 3.33. The van der Waals surface area contributed by atoms with Gasteiger partial charge in [0, 0.05) is 11.4 Å². The topological polar surface area (TPSA) is 37.8 Å². The monoisotopic (exact) mass is 261 g/mol. The molecule has 1 heterocycles. The highest BCUT2D eigenvalue weighted by Crippen LogP contribution is 2.27. The van der Waals surface area contributed by atoms with Crippen LogP contribution in [0, 0.1) is 0 Å². The molecule has 0 saturated heterocycles. The molecule has 2 unspecified atom stereocenters. The number of aromatic nitrogens is 2. The molecule has 1 aromatic heterocycles. The van der Waals surface area contributed by atoms with E-state index >= 15 is 0 Å². The van der Waals surface area contributed by atoms with E-state index in [4.69, 9.17) is 11.6 Å². The van der Waals surface area contributed by atoms with Crippen LogP contribution in [0.1, 0.15) is 25.7 Å². The van der Waals surface area contributed by atoms with Crippen molar-refractivity contribution >= 4 is 28.3 Å². The van der Waals surface area contributed by atoms with Gasteiger partial charge >= 0.3 is 0 Å². The Bertz CT molecular complexity index is 538. The standard InChI is InChI=1S/C14H16ClN3/c15-11-6-2-4-8-13(11)18-14-10-5-1-3-7-12(10)16-9-17-14/h1,3,5,7,9,11,13H,2,4,6,8H2,(H,16,17,18). The summed E-state index contributed by atoms with van der Waals surface area (Å²) in [5, 5.41) is 4.76. The Morgan fingerprint density at radius 2 is 1.94 bits per heavy atom. The molecule has 3 nitrogen and oxygen atoms in total. The van der Waals surface area contributed by atoms with Gasteiger partial charge in [0.25, 0.3) is 0 Å². The minimum absolute atomic E-state index is 0.201. The summed E-state index contributed by atoms with van der Waals surface area (Å²) in [6, 6.07) is 8.36. The molecule has 1 N–H and O–H groups in total. The lowest BCUT2D eigenvalue weighted by Gasteiger charge is -2.28. The maximum atomic E-state index is 6.38. The number of para-hydroxylation sites is 1. The van der Waals surface area contributed by atoms with Gasteiger partial charge < -0.3 is 5.32 Å². The van der Waals surface area contributed by atoms with Gasteiger partial charge in [0.2, 0.25) is 0 Å². The Balaban J connectivity index is 1.90. The molecule has 94 valence electrons. The van der Waals surface area contributed by atoms with Gasteiger partial charge in [-0.15, -0.1) is 11.6 Å². The molecule has 0 radical (unpaired) electrons. The van der Waals surface area contributed by atoms with E-state index in [1.54, 1.807) is 6.33 Å². The number of hydrogen-bond donors (Lipinski definition) is 1. The Labute approximate surface area is 112 Å². The maximum Gasteiger partial charge on any atom is 0.137 e. The summed E-state index contributed by atoms with van der Waals surface area (Å²) in [6.45, 7) is 0. The summed E-state index contributed by atoms with van der Waals surface area (Å²) < 4.78 is 0. The van der Waals surface area contributed by atoms with Crippen LogP contribution in [0.3, 0.4) is 0 Å². The van der Waals surface area contributed by atoms with Gasteiger partial charge in [0.15, 0.2) is 0 Å². The van der Waals surface area contributed by atoms with E-state index in [0.29, 0.717) is 6.04 Å². The molecule has 0 spiro atoms. The van der Waals surface area contributed by atoms with Crippen LogP contribution in [0.5, 0.6) is 0 Å². The Morgan fingerprint density at radius 3 is 2.83 bits per heavy atom. The number of halogens is 1. The summed E-state index contributed by atoms with van der Waals surface area (Å²) in [5.41, 5.74) is 0.969. The predicted molar refractivity (Wildman–Crippen MR) is 75.1 cm³/mol. The first-order valence-corrected chi connectivity index (χ1v) is 6.88. The number of rotatable bonds is 2. The van der Waals surface area contributed by atoms with Gasteiger partial charge in [0.05, 0.1) is 10.9 Å². The van der Waals surface area contributed by atoms with Crippen LogP contribution < -0.4 is 5.32 Å². The highest BCUT2D eigenvalue weighted by atomic mass is 35.5. The lowest BCUT2D eigenvalue weighted by molar-refractivity contribution is 0.469. The third-order valence-electron chi connectivity index (χ3n) is 3.55. The minimum Gasteiger partial charge on any atom is -0.365 e. The highest BCUT2D eigenvalue weighted by molar-refractivity contribution is 6.21. The number of fused-ring (bicyclic) bond motifs is 1. The van der Waals surface area contributed by atoms with E-state index in [2.05, 4.69) is 15.3 Å². The number of nitrogens with one attached hydrogen (secondary N) is 1. The molecule has 0 aliphatic heterocycles. The van der Waals surface area contributed by atoms with Crippen molar-refractivity contribution < 1.29 is 0 Å². The zero-order valence-corrected chi connectivity index (χ0v) is 10.9. The van der Waals surface area contributed by atoms with Gasteiger partial charge in [0.1, 0.15) is 12.1 Å². The zero-order valence-electron chi connectivity index (χ0n) is 10.1. The van der Waals surface area contributed by atoms with Crippen molar-refractivity contribution in [1.29, 1.82) is 0 Å². The molecule has 1 fully saturated rings. The number of benzene rings is 1. The molecule has 18 heavy (non-hydrogen) atoms. The third-order valence-corrected chi connectivity index (χ3v) is 4.07. The molecular weight excluding hydrogens is 246 g/mol. The van der Waals surface area contributed by atoms with Crippen LogP contribution in [0.4, 0.5) is 5.82 Å². The SMILES string of the molecule is ClC1CCCCC1Nc1ncnc2ccccc12. The van der Waals surface area contributed by atoms with Crippen molar-refractivity contribution in [1.82, 2.24) is 9.97 Å². The van der Waals surface area contributed by atoms with Gasteiger partial charge in [-0.25, -0.2) is 9.97 Å². The second kappa shape index (κ2) is 5.11. The van der Waals surface area contributed by atoms with E-state index < -0.39 is 0 Å². The quantitative estimate of drug-likeness (QED) is 0.840. The first-order chi connectivity index (χ1) is 8.84.